The van der Waals surface area contributed by atoms with Crippen molar-refractivity contribution in [1.82, 2.24) is 4.90 Å². The number of likely N-dealkylation sites (tertiary alicyclic amines) is 1. The molecule has 1 spiro atoms. The summed E-state index contributed by atoms with van der Waals surface area (Å²) in [6.45, 7) is 2.94. The minimum atomic E-state index is -0.424. The Kier molecular flexibility index (Phi) is 4.19. The van der Waals surface area contributed by atoms with E-state index in [0.29, 0.717) is 13.1 Å². The van der Waals surface area contributed by atoms with Crippen molar-refractivity contribution in [3.63, 3.8) is 0 Å². The van der Waals surface area contributed by atoms with Crippen LogP contribution in [-0.2, 0) is 14.3 Å². The normalized spacial score (nSPS) is 22.5. The third kappa shape index (κ3) is 3.11. The van der Waals surface area contributed by atoms with E-state index in [4.69, 9.17) is 9.47 Å². The SMILES string of the molecule is O=C(/C=C/c1cccs1)N1CCC2(CC1)OCCCO2. The molecule has 4 nitrogen and oxygen atoms in total. The largest absolute Gasteiger partial charge is 0.350 e. The van der Waals surface area contributed by atoms with E-state index >= 15 is 0 Å². The van der Waals surface area contributed by atoms with Gasteiger partial charge >= 0.3 is 0 Å². The van der Waals surface area contributed by atoms with E-state index in [1.54, 1.807) is 17.4 Å². The predicted molar refractivity (Wildman–Crippen MR) is 78.4 cm³/mol. The zero-order chi connectivity index (χ0) is 13.8. The van der Waals surface area contributed by atoms with Gasteiger partial charge in [-0.3, -0.25) is 4.79 Å². The van der Waals surface area contributed by atoms with Crippen LogP contribution in [0.3, 0.4) is 0 Å². The van der Waals surface area contributed by atoms with Crippen LogP contribution in [0.4, 0.5) is 0 Å². The van der Waals surface area contributed by atoms with Gasteiger partial charge in [0.1, 0.15) is 0 Å². The summed E-state index contributed by atoms with van der Waals surface area (Å²) < 4.78 is 11.6. The Morgan fingerprint density at radius 3 is 2.70 bits per heavy atom. The van der Waals surface area contributed by atoms with Gasteiger partial charge in [0.2, 0.25) is 5.91 Å². The molecule has 0 aliphatic carbocycles. The molecule has 1 aromatic rings. The minimum absolute atomic E-state index is 0.0732. The van der Waals surface area contributed by atoms with Crippen LogP contribution in [0.2, 0.25) is 0 Å². The van der Waals surface area contributed by atoms with Crippen molar-refractivity contribution in [2.75, 3.05) is 26.3 Å². The second-order valence-electron chi connectivity index (χ2n) is 5.14. The number of piperidine rings is 1. The van der Waals surface area contributed by atoms with Gasteiger partial charge in [0.25, 0.3) is 0 Å². The molecule has 1 amide bonds. The highest BCUT2D eigenvalue weighted by atomic mass is 32.1. The molecule has 2 fully saturated rings. The summed E-state index contributed by atoms with van der Waals surface area (Å²) >= 11 is 1.63. The highest BCUT2D eigenvalue weighted by Crippen LogP contribution is 2.30. The molecule has 3 heterocycles. The van der Waals surface area contributed by atoms with Gasteiger partial charge in [-0.1, -0.05) is 6.07 Å². The lowest BCUT2D eigenvalue weighted by atomic mass is 10.0. The first-order valence-corrected chi connectivity index (χ1v) is 7.94. The second kappa shape index (κ2) is 6.08. The fourth-order valence-corrected chi connectivity index (χ4v) is 3.24. The summed E-state index contributed by atoms with van der Waals surface area (Å²) in [6, 6.07) is 3.99. The molecule has 0 saturated carbocycles. The number of hydrogen-bond donors (Lipinski definition) is 0. The molecule has 2 saturated heterocycles. The van der Waals surface area contributed by atoms with Crippen molar-refractivity contribution in [2.45, 2.75) is 25.0 Å². The summed E-state index contributed by atoms with van der Waals surface area (Å²) in [4.78, 5) is 15.1. The first-order valence-electron chi connectivity index (χ1n) is 7.06. The van der Waals surface area contributed by atoms with Crippen molar-refractivity contribution in [3.05, 3.63) is 28.5 Å². The molecule has 2 aliphatic heterocycles. The van der Waals surface area contributed by atoms with Gasteiger partial charge in [0.15, 0.2) is 5.79 Å². The maximum Gasteiger partial charge on any atom is 0.246 e. The Bertz CT molecular complexity index is 467. The lowest BCUT2D eigenvalue weighted by molar-refractivity contribution is -0.282. The van der Waals surface area contributed by atoms with Crippen LogP contribution in [0.25, 0.3) is 6.08 Å². The van der Waals surface area contributed by atoms with E-state index in [0.717, 1.165) is 37.4 Å². The number of amides is 1. The fraction of sp³-hybridized carbons (Fsp3) is 0.533. The summed E-state index contributed by atoms with van der Waals surface area (Å²) in [6.07, 6.45) is 6.04. The summed E-state index contributed by atoms with van der Waals surface area (Å²) in [5.41, 5.74) is 0. The smallest absolute Gasteiger partial charge is 0.246 e. The molecular formula is C15H19NO3S. The van der Waals surface area contributed by atoms with E-state index in [9.17, 15) is 4.79 Å². The summed E-state index contributed by atoms with van der Waals surface area (Å²) in [5.74, 6) is -0.351. The van der Waals surface area contributed by atoms with Crippen LogP contribution in [0.1, 0.15) is 24.1 Å². The van der Waals surface area contributed by atoms with E-state index in [1.165, 1.54) is 0 Å². The van der Waals surface area contributed by atoms with Gasteiger partial charge in [-0.25, -0.2) is 0 Å². The summed E-state index contributed by atoms with van der Waals surface area (Å²) in [5, 5.41) is 2.01. The molecule has 0 radical (unpaired) electrons. The lowest BCUT2D eigenvalue weighted by Crippen LogP contribution is -2.51. The zero-order valence-corrected chi connectivity index (χ0v) is 12.2. The fourth-order valence-electron chi connectivity index (χ4n) is 2.62. The Labute approximate surface area is 123 Å². The standard InChI is InChI=1S/C15H19NO3S/c17-14(5-4-13-3-1-12-20-13)16-8-6-15(7-9-16)18-10-2-11-19-15/h1,3-5,12H,2,6-11H2/b5-4+. The molecule has 5 heteroatoms. The number of nitrogens with zero attached hydrogens (tertiary/aromatic N) is 1. The molecule has 0 atom stereocenters. The average Bonchev–Trinajstić information content (AvgIpc) is 3.00. The monoisotopic (exact) mass is 293 g/mol. The van der Waals surface area contributed by atoms with Crippen molar-refractivity contribution >= 4 is 23.3 Å². The van der Waals surface area contributed by atoms with Crippen LogP contribution < -0.4 is 0 Å². The van der Waals surface area contributed by atoms with Crippen LogP contribution >= 0.6 is 11.3 Å². The molecule has 0 N–H and O–H groups in total. The third-order valence-corrected chi connectivity index (χ3v) is 4.63. The van der Waals surface area contributed by atoms with Crippen LogP contribution in [0, 0.1) is 0 Å². The minimum Gasteiger partial charge on any atom is -0.350 e. The summed E-state index contributed by atoms with van der Waals surface area (Å²) in [7, 11) is 0. The highest BCUT2D eigenvalue weighted by molar-refractivity contribution is 7.10. The molecule has 2 aliphatic rings. The molecule has 1 aromatic heterocycles. The molecule has 108 valence electrons. The van der Waals surface area contributed by atoms with Crippen molar-refractivity contribution < 1.29 is 14.3 Å². The number of ether oxygens (including phenoxy) is 2. The molecule has 3 rings (SSSR count). The van der Waals surface area contributed by atoms with Crippen LogP contribution in [0.15, 0.2) is 23.6 Å². The predicted octanol–water partition coefficient (Wildman–Crippen LogP) is 2.52. The van der Waals surface area contributed by atoms with Gasteiger partial charge in [0.05, 0.1) is 13.2 Å². The van der Waals surface area contributed by atoms with E-state index < -0.39 is 5.79 Å². The molecule has 0 bridgehead atoms. The van der Waals surface area contributed by atoms with Gasteiger partial charge in [-0.05, 0) is 23.9 Å². The lowest BCUT2D eigenvalue weighted by Gasteiger charge is -2.43. The Hall–Kier alpha value is -1.17. The number of carbonyl (C=O) groups excluding carboxylic acids is 1. The van der Waals surface area contributed by atoms with Crippen LogP contribution in [-0.4, -0.2) is 42.9 Å². The average molecular weight is 293 g/mol. The molecule has 0 aromatic carbocycles. The first kappa shape index (κ1) is 13.8. The number of hydrogen-bond acceptors (Lipinski definition) is 4. The van der Waals surface area contributed by atoms with Gasteiger partial charge in [-0.2, -0.15) is 0 Å². The maximum absolute atomic E-state index is 12.1. The topological polar surface area (TPSA) is 38.8 Å². The van der Waals surface area contributed by atoms with Gasteiger partial charge in [-0.15, -0.1) is 11.3 Å². The van der Waals surface area contributed by atoms with E-state index in [-0.39, 0.29) is 5.91 Å². The molecular weight excluding hydrogens is 274 g/mol. The Morgan fingerprint density at radius 2 is 2.05 bits per heavy atom. The maximum atomic E-state index is 12.1. The second-order valence-corrected chi connectivity index (χ2v) is 6.11. The van der Waals surface area contributed by atoms with E-state index in [1.807, 2.05) is 28.5 Å². The Balaban J connectivity index is 1.53. The van der Waals surface area contributed by atoms with E-state index in [2.05, 4.69) is 0 Å². The highest BCUT2D eigenvalue weighted by Gasteiger charge is 2.38. The van der Waals surface area contributed by atoms with Crippen molar-refractivity contribution in [3.8, 4) is 0 Å². The van der Waals surface area contributed by atoms with Crippen molar-refractivity contribution in [2.24, 2.45) is 0 Å². The Morgan fingerprint density at radius 1 is 1.30 bits per heavy atom. The van der Waals surface area contributed by atoms with Crippen LogP contribution in [0.5, 0.6) is 0 Å². The van der Waals surface area contributed by atoms with Gasteiger partial charge < -0.3 is 14.4 Å². The molecule has 0 unspecified atom stereocenters. The molecule has 20 heavy (non-hydrogen) atoms. The number of carbonyl (C=O) groups is 1. The van der Waals surface area contributed by atoms with Gasteiger partial charge in [0, 0.05) is 36.9 Å². The zero-order valence-electron chi connectivity index (χ0n) is 11.4. The third-order valence-electron chi connectivity index (χ3n) is 3.79. The first-order chi connectivity index (χ1) is 9.77. The number of rotatable bonds is 2. The number of thiophene rings is 1. The quantitative estimate of drug-likeness (QED) is 0.787. The van der Waals surface area contributed by atoms with Crippen molar-refractivity contribution in [1.29, 1.82) is 0 Å².